The number of hydrogen-bond acceptors (Lipinski definition) is 5. The van der Waals surface area contributed by atoms with Crippen LogP contribution in [0.3, 0.4) is 0 Å². The van der Waals surface area contributed by atoms with E-state index in [1.54, 1.807) is 26.3 Å². The summed E-state index contributed by atoms with van der Waals surface area (Å²) in [6.45, 7) is 3.72. The molecule has 1 aliphatic heterocycles. The van der Waals surface area contributed by atoms with Crippen LogP contribution in [0.25, 0.3) is 0 Å². The molecule has 1 fully saturated rings. The van der Waals surface area contributed by atoms with E-state index in [0.717, 1.165) is 25.2 Å². The number of carbonyl (C=O) groups is 1. The molecule has 1 atom stereocenters. The monoisotopic (exact) mass is 279 g/mol. The van der Waals surface area contributed by atoms with Crippen molar-refractivity contribution < 1.29 is 9.53 Å². The van der Waals surface area contributed by atoms with Crippen molar-refractivity contribution in [3.05, 3.63) is 22.6 Å². The Labute approximate surface area is 118 Å². The molecule has 110 valence electrons. The molecule has 0 saturated carbocycles. The molecular formula is C14H21N3O3. The zero-order valence-electron chi connectivity index (χ0n) is 12.0. The summed E-state index contributed by atoms with van der Waals surface area (Å²) in [7, 11) is 1.71. The van der Waals surface area contributed by atoms with Gasteiger partial charge in [0.15, 0.2) is 0 Å². The summed E-state index contributed by atoms with van der Waals surface area (Å²) < 4.78 is 6.73. The predicted octanol–water partition coefficient (Wildman–Crippen LogP) is 0.838. The number of ether oxygens (including phenoxy) is 1. The highest BCUT2D eigenvalue weighted by Crippen LogP contribution is 2.19. The number of nitrogens with zero attached hydrogens (tertiary/aromatic N) is 3. The molecule has 6 heteroatoms. The predicted molar refractivity (Wildman–Crippen MR) is 76.0 cm³/mol. The number of carbonyl (C=O) groups excluding carboxylic acids is 1. The van der Waals surface area contributed by atoms with E-state index >= 15 is 0 Å². The smallest absolute Gasteiger partial charge is 0.268 e. The van der Waals surface area contributed by atoms with Crippen LogP contribution in [0, 0.1) is 0 Å². The number of anilines is 1. The maximum atomic E-state index is 12.0. The molecule has 1 unspecified atom stereocenters. The maximum absolute atomic E-state index is 12.0. The standard InChI is InChI=1S/C14H21N3O3/c1-11(18)4-3-6-17-14(19)8-12(9-15-17)16-7-5-13(10-16)20-2/h8-9,13H,3-7,10H2,1-2H3. The Hall–Kier alpha value is -1.69. The molecule has 1 aliphatic rings. The van der Waals surface area contributed by atoms with Crippen LogP contribution in [0.5, 0.6) is 0 Å². The van der Waals surface area contributed by atoms with Gasteiger partial charge in [-0.3, -0.25) is 4.79 Å². The highest BCUT2D eigenvalue weighted by Gasteiger charge is 2.22. The van der Waals surface area contributed by atoms with Gasteiger partial charge in [0.25, 0.3) is 5.56 Å². The zero-order chi connectivity index (χ0) is 14.5. The Morgan fingerprint density at radius 2 is 2.35 bits per heavy atom. The first-order valence-electron chi connectivity index (χ1n) is 6.94. The highest BCUT2D eigenvalue weighted by molar-refractivity contribution is 5.75. The topological polar surface area (TPSA) is 64.4 Å². The van der Waals surface area contributed by atoms with Crippen molar-refractivity contribution in [2.75, 3.05) is 25.1 Å². The normalized spacial score (nSPS) is 18.5. The number of ketones is 1. The van der Waals surface area contributed by atoms with Crippen molar-refractivity contribution in [1.82, 2.24) is 9.78 Å². The molecular weight excluding hydrogens is 258 g/mol. The summed E-state index contributed by atoms with van der Waals surface area (Å²) in [6.07, 6.45) is 4.05. The third-order valence-corrected chi connectivity index (χ3v) is 3.60. The van der Waals surface area contributed by atoms with E-state index in [1.807, 2.05) is 0 Å². The molecule has 0 N–H and O–H groups in total. The Kier molecular flexibility index (Phi) is 4.89. The Bertz CT molecular complexity index is 527. The molecule has 6 nitrogen and oxygen atoms in total. The number of hydrogen-bond donors (Lipinski definition) is 0. The van der Waals surface area contributed by atoms with Gasteiger partial charge in [0, 0.05) is 39.2 Å². The van der Waals surface area contributed by atoms with Gasteiger partial charge in [-0.05, 0) is 19.8 Å². The van der Waals surface area contributed by atoms with Crippen LogP contribution in [0.2, 0.25) is 0 Å². The second kappa shape index (κ2) is 6.65. The number of rotatable bonds is 6. The lowest BCUT2D eigenvalue weighted by atomic mass is 10.2. The van der Waals surface area contributed by atoms with Crippen LogP contribution in [0.4, 0.5) is 5.69 Å². The first-order chi connectivity index (χ1) is 9.60. The number of aryl methyl sites for hydroxylation is 1. The lowest BCUT2D eigenvalue weighted by Gasteiger charge is -2.18. The summed E-state index contributed by atoms with van der Waals surface area (Å²) >= 11 is 0. The van der Waals surface area contributed by atoms with Crippen molar-refractivity contribution in [3.63, 3.8) is 0 Å². The highest BCUT2D eigenvalue weighted by atomic mass is 16.5. The summed E-state index contributed by atoms with van der Waals surface area (Å²) in [5.74, 6) is 0.136. The van der Waals surface area contributed by atoms with Crippen LogP contribution < -0.4 is 10.5 Å². The average molecular weight is 279 g/mol. The summed E-state index contributed by atoms with van der Waals surface area (Å²) in [5, 5.41) is 4.18. The first-order valence-corrected chi connectivity index (χ1v) is 6.94. The molecule has 20 heavy (non-hydrogen) atoms. The zero-order valence-corrected chi connectivity index (χ0v) is 12.0. The second-order valence-corrected chi connectivity index (χ2v) is 5.17. The van der Waals surface area contributed by atoms with Crippen molar-refractivity contribution in [1.29, 1.82) is 0 Å². The summed E-state index contributed by atoms with van der Waals surface area (Å²) in [6, 6.07) is 1.61. The largest absolute Gasteiger partial charge is 0.380 e. The van der Waals surface area contributed by atoms with Gasteiger partial charge in [-0.15, -0.1) is 0 Å². The third-order valence-electron chi connectivity index (χ3n) is 3.60. The van der Waals surface area contributed by atoms with Crippen molar-refractivity contribution >= 4 is 11.5 Å². The van der Waals surface area contributed by atoms with E-state index in [4.69, 9.17) is 4.74 Å². The molecule has 2 heterocycles. The van der Waals surface area contributed by atoms with Gasteiger partial charge in [-0.25, -0.2) is 4.68 Å². The first kappa shape index (κ1) is 14.7. The summed E-state index contributed by atoms with van der Waals surface area (Å²) in [4.78, 5) is 25.0. The fourth-order valence-corrected chi connectivity index (χ4v) is 2.40. The fraction of sp³-hybridized carbons (Fsp3) is 0.643. The molecule has 0 amide bonds. The third kappa shape index (κ3) is 3.66. The molecule has 2 rings (SSSR count). The Balaban J connectivity index is 1.99. The van der Waals surface area contributed by atoms with Crippen LogP contribution in [-0.2, 0) is 16.1 Å². The SMILES string of the molecule is COC1CCN(c2cnn(CCCC(C)=O)c(=O)c2)C1. The molecule has 0 spiro atoms. The van der Waals surface area contributed by atoms with Crippen molar-refractivity contribution in [2.24, 2.45) is 0 Å². The minimum atomic E-state index is -0.119. The van der Waals surface area contributed by atoms with E-state index < -0.39 is 0 Å². The van der Waals surface area contributed by atoms with E-state index in [-0.39, 0.29) is 17.4 Å². The van der Waals surface area contributed by atoms with Crippen LogP contribution in [-0.4, -0.2) is 41.9 Å². The Morgan fingerprint density at radius 1 is 1.55 bits per heavy atom. The van der Waals surface area contributed by atoms with E-state index in [1.165, 1.54) is 4.68 Å². The minimum Gasteiger partial charge on any atom is -0.380 e. The van der Waals surface area contributed by atoms with Crippen molar-refractivity contribution in [2.45, 2.75) is 38.8 Å². The minimum absolute atomic E-state index is 0.119. The number of aromatic nitrogens is 2. The van der Waals surface area contributed by atoms with Gasteiger partial charge in [0.05, 0.1) is 18.0 Å². The molecule has 0 bridgehead atoms. The average Bonchev–Trinajstić information content (AvgIpc) is 2.89. The fourth-order valence-electron chi connectivity index (χ4n) is 2.40. The Morgan fingerprint density at radius 3 is 2.95 bits per heavy atom. The van der Waals surface area contributed by atoms with E-state index in [0.29, 0.717) is 19.4 Å². The number of Topliss-reactive ketones (excluding diaryl/α,β-unsaturated/α-hetero) is 1. The molecule has 0 aliphatic carbocycles. The molecule has 1 saturated heterocycles. The van der Waals surface area contributed by atoms with Gasteiger partial charge in [0.1, 0.15) is 5.78 Å². The van der Waals surface area contributed by atoms with Gasteiger partial charge in [-0.1, -0.05) is 0 Å². The van der Waals surface area contributed by atoms with Gasteiger partial charge >= 0.3 is 0 Å². The van der Waals surface area contributed by atoms with Crippen molar-refractivity contribution in [3.8, 4) is 0 Å². The lowest BCUT2D eigenvalue weighted by Crippen LogP contribution is -2.27. The maximum Gasteiger partial charge on any atom is 0.268 e. The van der Waals surface area contributed by atoms with Gasteiger partial charge in [0.2, 0.25) is 0 Å². The van der Waals surface area contributed by atoms with Crippen LogP contribution in [0.1, 0.15) is 26.2 Å². The van der Waals surface area contributed by atoms with E-state index in [2.05, 4.69) is 10.00 Å². The molecule has 1 aromatic heterocycles. The second-order valence-electron chi connectivity index (χ2n) is 5.17. The van der Waals surface area contributed by atoms with Crippen LogP contribution >= 0.6 is 0 Å². The van der Waals surface area contributed by atoms with Crippen LogP contribution in [0.15, 0.2) is 17.1 Å². The summed E-state index contributed by atoms with van der Waals surface area (Å²) in [5.41, 5.74) is 0.726. The molecule has 0 radical (unpaired) electrons. The number of methoxy groups -OCH3 is 1. The van der Waals surface area contributed by atoms with E-state index in [9.17, 15) is 9.59 Å². The molecule has 1 aromatic rings. The molecule has 0 aromatic carbocycles. The van der Waals surface area contributed by atoms with Gasteiger partial charge in [-0.2, -0.15) is 5.10 Å². The lowest BCUT2D eigenvalue weighted by molar-refractivity contribution is -0.117. The quantitative estimate of drug-likeness (QED) is 0.772. The van der Waals surface area contributed by atoms with Gasteiger partial charge < -0.3 is 14.4 Å².